The average Bonchev–Trinajstić information content (AvgIpc) is 2.65. The molecule has 0 aliphatic rings. The highest BCUT2D eigenvalue weighted by Crippen LogP contribution is 2.27. The van der Waals surface area contributed by atoms with Gasteiger partial charge in [-0.3, -0.25) is 9.78 Å². The summed E-state index contributed by atoms with van der Waals surface area (Å²) < 4.78 is 5.33. The van der Waals surface area contributed by atoms with Crippen LogP contribution in [-0.4, -0.2) is 18.0 Å². The van der Waals surface area contributed by atoms with E-state index in [1.807, 2.05) is 56.3 Å². The van der Waals surface area contributed by atoms with Crippen molar-refractivity contribution in [3.63, 3.8) is 0 Å². The predicted molar refractivity (Wildman–Crippen MR) is 104 cm³/mol. The number of para-hydroxylation sites is 2. The number of hydrogen-bond acceptors (Lipinski definition) is 4. The molecule has 1 aromatic heterocycles. The summed E-state index contributed by atoms with van der Waals surface area (Å²) in [5.41, 5.74) is 5.08. The molecule has 5 nitrogen and oxygen atoms in total. The summed E-state index contributed by atoms with van der Waals surface area (Å²) in [4.78, 5) is 16.7. The number of nitrogens with zero attached hydrogens (tertiary/aromatic N) is 1. The Bertz CT molecular complexity index is 938. The molecule has 0 unspecified atom stereocenters. The molecule has 0 fully saturated rings. The van der Waals surface area contributed by atoms with Crippen molar-refractivity contribution in [3.05, 3.63) is 77.6 Å². The van der Waals surface area contributed by atoms with Crippen LogP contribution in [0.1, 0.15) is 21.5 Å². The summed E-state index contributed by atoms with van der Waals surface area (Å²) in [5, 5.41) is 6.14. The van der Waals surface area contributed by atoms with Gasteiger partial charge in [0, 0.05) is 11.9 Å². The zero-order valence-electron chi connectivity index (χ0n) is 15.0. The fourth-order valence-corrected chi connectivity index (χ4v) is 2.56. The molecule has 132 valence electrons. The smallest absolute Gasteiger partial charge is 0.257 e. The molecule has 0 aliphatic heterocycles. The van der Waals surface area contributed by atoms with Crippen LogP contribution in [0.4, 0.5) is 17.1 Å². The number of nitrogens with one attached hydrogen (secondary N) is 2. The second-order valence-corrected chi connectivity index (χ2v) is 6.04. The van der Waals surface area contributed by atoms with E-state index in [2.05, 4.69) is 15.6 Å². The Hall–Kier alpha value is -3.34. The minimum atomic E-state index is -0.204. The molecule has 1 heterocycles. The maximum atomic E-state index is 12.5. The van der Waals surface area contributed by atoms with Gasteiger partial charge < -0.3 is 15.4 Å². The molecular formula is C21H21N3O2. The topological polar surface area (TPSA) is 63.2 Å². The number of rotatable bonds is 5. The van der Waals surface area contributed by atoms with Crippen molar-refractivity contribution in [3.8, 4) is 5.75 Å². The summed E-state index contributed by atoms with van der Waals surface area (Å²) in [6.45, 7) is 4.06. The molecule has 3 aromatic rings. The number of ether oxygens (including phenoxy) is 1. The Morgan fingerprint density at radius 2 is 1.77 bits per heavy atom. The van der Waals surface area contributed by atoms with Crippen LogP contribution in [-0.2, 0) is 0 Å². The maximum absolute atomic E-state index is 12.5. The van der Waals surface area contributed by atoms with Gasteiger partial charge in [-0.2, -0.15) is 0 Å². The van der Waals surface area contributed by atoms with E-state index >= 15 is 0 Å². The van der Waals surface area contributed by atoms with Crippen molar-refractivity contribution >= 4 is 23.0 Å². The highest BCUT2D eigenvalue weighted by atomic mass is 16.5. The van der Waals surface area contributed by atoms with Crippen LogP contribution in [0.25, 0.3) is 0 Å². The molecular weight excluding hydrogens is 326 g/mol. The van der Waals surface area contributed by atoms with Gasteiger partial charge in [0.25, 0.3) is 5.91 Å². The predicted octanol–water partition coefficient (Wildman–Crippen LogP) is 4.70. The Balaban J connectivity index is 1.78. The zero-order valence-corrected chi connectivity index (χ0v) is 15.0. The second kappa shape index (κ2) is 7.70. The lowest BCUT2D eigenvalue weighted by atomic mass is 10.1. The number of carbonyl (C=O) groups is 1. The summed E-state index contributed by atoms with van der Waals surface area (Å²) in [5.74, 6) is 0.516. The molecule has 26 heavy (non-hydrogen) atoms. The van der Waals surface area contributed by atoms with Gasteiger partial charge in [-0.1, -0.05) is 18.2 Å². The van der Waals surface area contributed by atoms with Crippen molar-refractivity contribution in [1.82, 2.24) is 4.98 Å². The van der Waals surface area contributed by atoms with Crippen molar-refractivity contribution in [2.24, 2.45) is 0 Å². The first-order valence-electron chi connectivity index (χ1n) is 8.30. The van der Waals surface area contributed by atoms with Crippen molar-refractivity contribution < 1.29 is 9.53 Å². The van der Waals surface area contributed by atoms with Crippen molar-refractivity contribution in [1.29, 1.82) is 0 Å². The molecule has 0 spiro atoms. The highest BCUT2D eigenvalue weighted by Gasteiger charge is 2.09. The Kier molecular flexibility index (Phi) is 5.17. The molecule has 0 aliphatic carbocycles. The largest absolute Gasteiger partial charge is 0.495 e. The van der Waals surface area contributed by atoms with E-state index in [0.29, 0.717) is 11.3 Å². The number of pyridine rings is 1. The normalized spacial score (nSPS) is 10.3. The number of carbonyl (C=O) groups excluding carboxylic acids is 1. The number of amides is 1. The van der Waals surface area contributed by atoms with Crippen LogP contribution in [0.15, 0.2) is 60.9 Å². The first kappa shape index (κ1) is 17.5. The fraction of sp³-hybridized carbons (Fsp3) is 0.143. The van der Waals surface area contributed by atoms with Crippen LogP contribution in [0.2, 0.25) is 0 Å². The standard InChI is InChI=1S/C21H21N3O2/c1-14-8-9-17(10-15(14)2)24-21(25)16-11-18(13-22-12-16)23-19-6-4-5-7-20(19)26-3/h4-13,23H,1-3H3,(H,24,25). The first-order valence-corrected chi connectivity index (χ1v) is 8.30. The maximum Gasteiger partial charge on any atom is 0.257 e. The lowest BCUT2D eigenvalue weighted by Gasteiger charge is -2.12. The number of aryl methyl sites for hydroxylation is 2. The minimum absolute atomic E-state index is 0.204. The van der Waals surface area contributed by atoms with E-state index in [-0.39, 0.29) is 5.91 Å². The van der Waals surface area contributed by atoms with Gasteiger partial charge in [-0.25, -0.2) is 0 Å². The summed E-state index contributed by atoms with van der Waals surface area (Å²) in [6.07, 6.45) is 3.21. The SMILES string of the molecule is COc1ccccc1Nc1cncc(C(=O)Nc2ccc(C)c(C)c2)c1. The molecule has 2 N–H and O–H groups in total. The third kappa shape index (κ3) is 4.00. The lowest BCUT2D eigenvalue weighted by molar-refractivity contribution is 0.102. The summed E-state index contributed by atoms with van der Waals surface area (Å²) in [7, 11) is 1.62. The van der Waals surface area contributed by atoms with Crippen molar-refractivity contribution in [2.75, 3.05) is 17.7 Å². The quantitative estimate of drug-likeness (QED) is 0.702. The van der Waals surface area contributed by atoms with Crippen LogP contribution < -0.4 is 15.4 Å². The molecule has 5 heteroatoms. The molecule has 3 rings (SSSR count). The molecule has 0 saturated carbocycles. The molecule has 0 atom stereocenters. The van der Waals surface area contributed by atoms with E-state index in [1.54, 1.807) is 25.6 Å². The second-order valence-electron chi connectivity index (χ2n) is 6.04. The molecule has 0 radical (unpaired) electrons. The minimum Gasteiger partial charge on any atom is -0.495 e. The Morgan fingerprint density at radius 1 is 0.962 bits per heavy atom. The monoisotopic (exact) mass is 347 g/mol. The average molecular weight is 347 g/mol. The van der Waals surface area contributed by atoms with Gasteiger partial charge in [0.15, 0.2) is 0 Å². The number of benzene rings is 2. The lowest BCUT2D eigenvalue weighted by Crippen LogP contribution is -2.12. The van der Waals surface area contributed by atoms with Crippen LogP contribution >= 0.6 is 0 Å². The Morgan fingerprint density at radius 3 is 2.54 bits per heavy atom. The number of aromatic nitrogens is 1. The molecule has 2 aromatic carbocycles. The van der Waals surface area contributed by atoms with E-state index < -0.39 is 0 Å². The third-order valence-corrected chi connectivity index (χ3v) is 4.15. The van der Waals surface area contributed by atoms with Gasteiger partial charge in [-0.05, 0) is 55.3 Å². The summed E-state index contributed by atoms with van der Waals surface area (Å²) >= 11 is 0. The highest BCUT2D eigenvalue weighted by molar-refractivity contribution is 6.04. The number of hydrogen-bond donors (Lipinski definition) is 2. The van der Waals surface area contributed by atoms with Crippen LogP contribution in [0, 0.1) is 13.8 Å². The fourth-order valence-electron chi connectivity index (χ4n) is 2.56. The molecule has 1 amide bonds. The number of methoxy groups -OCH3 is 1. The van der Waals surface area contributed by atoms with Gasteiger partial charge in [-0.15, -0.1) is 0 Å². The van der Waals surface area contributed by atoms with E-state index in [0.717, 1.165) is 22.7 Å². The number of anilines is 3. The summed E-state index contributed by atoms with van der Waals surface area (Å²) in [6, 6.07) is 15.2. The van der Waals surface area contributed by atoms with Crippen LogP contribution in [0.3, 0.4) is 0 Å². The Labute approximate surface area is 153 Å². The van der Waals surface area contributed by atoms with E-state index in [4.69, 9.17) is 4.74 Å². The van der Waals surface area contributed by atoms with E-state index in [9.17, 15) is 4.79 Å². The van der Waals surface area contributed by atoms with Crippen molar-refractivity contribution in [2.45, 2.75) is 13.8 Å². The van der Waals surface area contributed by atoms with Gasteiger partial charge in [0.2, 0.25) is 0 Å². The van der Waals surface area contributed by atoms with E-state index in [1.165, 1.54) is 5.56 Å². The van der Waals surface area contributed by atoms with Gasteiger partial charge >= 0.3 is 0 Å². The molecule has 0 saturated heterocycles. The zero-order chi connectivity index (χ0) is 18.5. The third-order valence-electron chi connectivity index (χ3n) is 4.15. The first-order chi connectivity index (χ1) is 12.6. The van der Waals surface area contributed by atoms with Gasteiger partial charge in [0.05, 0.1) is 30.2 Å². The molecule has 0 bridgehead atoms. The van der Waals surface area contributed by atoms with Crippen LogP contribution in [0.5, 0.6) is 5.75 Å². The van der Waals surface area contributed by atoms with Gasteiger partial charge in [0.1, 0.15) is 5.75 Å².